The summed E-state index contributed by atoms with van der Waals surface area (Å²) in [6.45, 7) is 9.15. The summed E-state index contributed by atoms with van der Waals surface area (Å²) in [4.78, 5) is 28.3. The van der Waals surface area contributed by atoms with Crippen LogP contribution in [0.1, 0.15) is 45.2 Å². The number of anilines is 1. The Morgan fingerprint density at radius 1 is 1.09 bits per heavy atom. The number of benzene rings is 2. The van der Waals surface area contributed by atoms with E-state index in [1.807, 2.05) is 58.9 Å². The van der Waals surface area contributed by atoms with E-state index in [9.17, 15) is 18.0 Å². The van der Waals surface area contributed by atoms with Gasteiger partial charge in [-0.3, -0.25) is 13.9 Å². The summed E-state index contributed by atoms with van der Waals surface area (Å²) in [5.41, 5.74) is 1.74. The molecule has 0 aliphatic carbocycles. The lowest BCUT2D eigenvalue weighted by molar-refractivity contribution is -0.141. The molecule has 8 nitrogen and oxygen atoms in total. The molecule has 35 heavy (non-hydrogen) atoms. The third-order valence-electron chi connectivity index (χ3n) is 5.36. The minimum Gasteiger partial charge on any atom is -0.497 e. The van der Waals surface area contributed by atoms with Crippen LogP contribution in [0.5, 0.6) is 5.75 Å². The number of amides is 2. The maximum Gasteiger partial charge on any atom is 0.244 e. The molecule has 0 saturated heterocycles. The van der Waals surface area contributed by atoms with E-state index in [-0.39, 0.29) is 12.5 Å². The van der Waals surface area contributed by atoms with E-state index in [0.717, 1.165) is 21.7 Å². The van der Waals surface area contributed by atoms with Crippen LogP contribution in [0, 0.1) is 6.92 Å². The number of hydrogen-bond donors (Lipinski definition) is 1. The highest BCUT2D eigenvalue weighted by molar-refractivity contribution is 7.92. The normalized spacial score (nSPS) is 12.5. The summed E-state index contributed by atoms with van der Waals surface area (Å²) in [5.74, 6) is -0.181. The fourth-order valence-corrected chi connectivity index (χ4v) is 4.59. The van der Waals surface area contributed by atoms with Crippen LogP contribution < -0.4 is 14.4 Å². The topological polar surface area (TPSA) is 96.0 Å². The molecule has 0 bridgehead atoms. The highest BCUT2D eigenvalue weighted by Crippen LogP contribution is 2.23. The molecule has 0 unspecified atom stereocenters. The van der Waals surface area contributed by atoms with Gasteiger partial charge in [0.1, 0.15) is 18.3 Å². The summed E-state index contributed by atoms with van der Waals surface area (Å²) >= 11 is 0. The number of carbonyl (C=O) groups excluding carboxylic acids is 2. The second-order valence-electron chi connectivity index (χ2n) is 9.64. The Labute approximate surface area is 209 Å². The molecule has 2 rings (SSSR count). The van der Waals surface area contributed by atoms with E-state index < -0.39 is 34.1 Å². The molecule has 0 aliphatic heterocycles. The molecule has 1 N–H and O–H groups in total. The molecule has 1 atom stereocenters. The van der Waals surface area contributed by atoms with Gasteiger partial charge in [-0.25, -0.2) is 8.42 Å². The first-order valence-corrected chi connectivity index (χ1v) is 13.4. The van der Waals surface area contributed by atoms with Crippen molar-refractivity contribution >= 4 is 27.5 Å². The highest BCUT2D eigenvalue weighted by Gasteiger charge is 2.33. The lowest BCUT2D eigenvalue weighted by Gasteiger charge is -2.34. The van der Waals surface area contributed by atoms with E-state index >= 15 is 0 Å². The van der Waals surface area contributed by atoms with Crippen LogP contribution in [-0.4, -0.2) is 56.6 Å². The van der Waals surface area contributed by atoms with Crippen LogP contribution >= 0.6 is 0 Å². The lowest BCUT2D eigenvalue weighted by Crippen LogP contribution is -2.55. The Bertz CT molecular complexity index is 1120. The number of carbonyl (C=O) groups is 2. The Hall–Kier alpha value is -3.07. The predicted molar refractivity (Wildman–Crippen MR) is 139 cm³/mol. The molecule has 0 heterocycles. The largest absolute Gasteiger partial charge is 0.497 e. The molecule has 2 amide bonds. The van der Waals surface area contributed by atoms with E-state index in [2.05, 4.69) is 5.32 Å². The van der Waals surface area contributed by atoms with E-state index in [4.69, 9.17) is 4.74 Å². The zero-order valence-corrected chi connectivity index (χ0v) is 22.5. The van der Waals surface area contributed by atoms with Crippen LogP contribution in [0.2, 0.25) is 0 Å². The molecular formula is C26H37N3O5S. The number of hydrogen-bond acceptors (Lipinski definition) is 5. The first-order chi connectivity index (χ1) is 16.2. The predicted octanol–water partition coefficient (Wildman–Crippen LogP) is 3.49. The molecule has 9 heteroatoms. The standard InChI is InChI=1S/C26H37N3O5S/c1-8-23(25(31)27-26(3,4)5)28(17-20-11-9-10-19(2)16-20)24(30)18-29(35(7,32)33)21-12-14-22(34-6)15-13-21/h9-16,23H,8,17-18H2,1-7H3,(H,27,31)/t23-/m1/s1. The van der Waals surface area contributed by atoms with Crippen LogP contribution in [0.4, 0.5) is 5.69 Å². The second kappa shape index (κ2) is 11.6. The monoisotopic (exact) mass is 503 g/mol. The van der Waals surface area contributed by atoms with Gasteiger partial charge in [-0.05, 0) is 63.9 Å². The summed E-state index contributed by atoms with van der Waals surface area (Å²) in [6.07, 6.45) is 1.43. The number of aryl methyl sites for hydroxylation is 1. The van der Waals surface area contributed by atoms with Crippen molar-refractivity contribution in [2.75, 3.05) is 24.2 Å². The number of nitrogens with one attached hydrogen (secondary N) is 1. The van der Waals surface area contributed by atoms with Gasteiger partial charge >= 0.3 is 0 Å². The minimum atomic E-state index is -3.78. The van der Waals surface area contributed by atoms with Gasteiger partial charge in [0, 0.05) is 12.1 Å². The number of ether oxygens (including phenoxy) is 1. The van der Waals surface area contributed by atoms with Crippen LogP contribution in [0.15, 0.2) is 48.5 Å². The molecule has 0 radical (unpaired) electrons. The Morgan fingerprint density at radius 3 is 2.20 bits per heavy atom. The van der Waals surface area contributed by atoms with E-state index in [0.29, 0.717) is 17.9 Å². The summed E-state index contributed by atoms with van der Waals surface area (Å²) < 4.78 is 31.5. The molecule has 0 fully saturated rings. The molecule has 2 aromatic carbocycles. The average molecular weight is 504 g/mol. The van der Waals surface area contributed by atoms with Gasteiger partial charge in [0.25, 0.3) is 0 Å². The van der Waals surface area contributed by atoms with Crippen LogP contribution in [-0.2, 0) is 26.2 Å². The zero-order valence-electron chi connectivity index (χ0n) is 21.7. The highest BCUT2D eigenvalue weighted by atomic mass is 32.2. The number of sulfonamides is 1. The first-order valence-electron chi connectivity index (χ1n) is 11.5. The van der Waals surface area contributed by atoms with Gasteiger partial charge in [0.05, 0.1) is 19.1 Å². The maximum absolute atomic E-state index is 13.7. The van der Waals surface area contributed by atoms with Crippen molar-refractivity contribution in [3.8, 4) is 5.75 Å². The van der Waals surface area contributed by atoms with Gasteiger partial charge in [-0.1, -0.05) is 36.8 Å². The Kier molecular flexibility index (Phi) is 9.31. The second-order valence-corrected chi connectivity index (χ2v) is 11.5. The Balaban J connectivity index is 2.45. The first kappa shape index (κ1) is 28.2. The SMILES string of the molecule is CC[C@H](C(=O)NC(C)(C)C)N(Cc1cccc(C)c1)C(=O)CN(c1ccc(OC)cc1)S(C)(=O)=O. The van der Waals surface area contributed by atoms with Crippen molar-refractivity contribution in [3.63, 3.8) is 0 Å². The average Bonchev–Trinajstić information content (AvgIpc) is 2.75. The molecule has 192 valence electrons. The lowest BCUT2D eigenvalue weighted by atomic mass is 10.0. The smallest absolute Gasteiger partial charge is 0.244 e. The Morgan fingerprint density at radius 2 is 1.71 bits per heavy atom. The van der Waals surface area contributed by atoms with Crippen molar-refractivity contribution in [3.05, 3.63) is 59.7 Å². The van der Waals surface area contributed by atoms with Crippen LogP contribution in [0.25, 0.3) is 0 Å². The molecule has 0 aliphatic rings. The molecule has 0 spiro atoms. The van der Waals surface area contributed by atoms with Gasteiger partial charge in [-0.15, -0.1) is 0 Å². The molecule has 2 aromatic rings. The van der Waals surface area contributed by atoms with Crippen molar-refractivity contribution in [2.45, 2.75) is 59.2 Å². The third-order valence-corrected chi connectivity index (χ3v) is 6.50. The fraction of sp³-hybridized carbons (Fsp3) is 0.462. The maximum atomic E-state index is 13.7. The summed E-state index contributed by atoms with van der Waals surface area (Å²) in [6, 6.07) is 13.4. The van der Waals surface area contributed by atoms with Crippen molar-refractivity contribution in [1.82, 2.24) is 10.2 Å². The van der Waals surface area contributed by atoms with Gasteiger partial charge in [0.2, 0.25) is 21.8 Å². The van der Waals surface area contributed by atoms with Gasteiger partial charge in [0.15, 0.2) is 0 Å². The van der Waals surface area contributed by atoms with E-state index in [1.54, 1.807) is 24.3 Å². The molecular weight excluding hydrogens is 466 g/mol. The molecule has 0 saturated carbocycles. The number of methoxy groups -OCH3 is 1. The quantitative estimate of drug-likeness (QED) is 0.535. The summed E-state index contributed by atoms with van der Waals surface area (Å²) in [5, 5.41) is 2.95. The minimum absolute atomic E-state index is 0.177. The van der Waals surface area contributed by atoms with Crippen molar-refractivity contribution in [1.29, 1.82) is 0 Å². The van der Waals surface area contributed by atoms with Gasteiger partial charge in [-0.2, -0.15) is 0 Å². The third kappa shape index (κ3) is 8.28. The molecule has 0 aromatic heterocycles. The number of nitrogens with zero attached hydrogens (tertiary/aromatic N) is 2. The number of rotatable bonds is 10. The summed E-state index contributed by atoms with van der Waals surface area (Å²) in [7, 11) is -2.27. The van der Waals surface area contributed by atoms with Gasteiger partial charge < -0.3 is 15.0 Å². The van der Waals surface area contributed by atoms with Crippen molar-refractivity contribution in [2.24, 2.45) is 0 Å². The van der Waals surface area contributed by atoms with Crippen molar-refractivity contribution < 1.29 is 22.7 Å². The zero-order chi connectivity index (χ0) is 26.4. The van der Waals surface area contributed by atoms with Crippen LogP contribution in [0.3, 0.4) is 0 Å². The van der Waals surface area contributed by atoms with E-state index in [1.165, 1.54) is 12.0 Å². The fourth-order valence-electron chi connectivity index (χ4n) is 3.74.